The number of nitroso groups, excluding NO2 is 1. The van der Waals surface area contributed by atoms with E-state index in [-0.39, 0.29) is 5.54 Å². The molecule has 4 rings (SSSR count). The summed E-state index contributed by atoms with van der Waals surface area (Å²) >= 11 is 0. The van der Waals surface area contributed by atoms with Gasteiger partial charge in [-0.2, -0.15) is 0 Å². The SMILES string of the molecule is NC(CNC1(c2ccc(-c3cccc(N=O)c3)cc2)CCNCC1)=Nc1ccccc1. The first-order chi connectivity index (χ1) is 15.2. The highest BCUT2D eigenvalue weighted by Gasteiger charge is 2.33. The van der Waals surface area contributed by atoms with Crippen LogP contribution in [0, 0.1) is 4.91 Å². The Morgan fingerprint density at radius 2 is 1.61 bits per heavy atom. The van der Waals surface area contributed by atoms with Crippen molar-refractivity contribution in [3.63, 3.8) is 0 Å². The van der Waals surface area contributed by atoms with Crippen LogP contribution in [-0.2, 0) is 5.54 Å². The summed E-state index contributed by atoms with van der Waals surface area (Å²) in [6.45, 7) is 2.40. The Hall–Kier alpha value is -3.35. The predicted molar refractivity (Wildman–Crippen MR) is 127 cm³/mol. The summed E-state index contributed by atoms with van der Waals surface area (Å²) in [6.07, 6.45) is 1.94. The first kappa shape index (κ1) is 20.9. The first-order valence-electron chi connectivity index (χ1n) is 10.6. The van der Waals surface area contributed by atoms with Crippen molar-refractivity contribution in [2.45, 2.75) is 18.4 Å². The Bertz CT molecular complexity index is 1040. The Kier molecular flexibility index (Phi) is 6.50. The van der Waals surface area contributed by atoms with Gasteiger partial charge in [0.25, 0.3) is 0 Å². The number of hydrogen-bond donors (Lipinski definition) is 3. The van der Waals surface area contributed by atoms with Gasteiger partial charge >= 0.3 is 0 Å². The molecule has 31 heavy (non-hydrogen) atoms. The van der Waals surface area contributed by atoms with Crippen molar-refractivity contribution in [2.24, 2.45) is 15.9 Å². The van der Waals surface area contributed by atoms with E-state index in [9.17, 15) is 4.91 Å². The van der Waals surface area contributed by atoms with E-state index in [2.05, 4.69) is 45.1 Å². The highest BCUT2D eigenvalue weighted by molar-refractivity contribution is 5.85. The van der Waals surface area contributed by atoms with Gasteiger partial charge in [-0.3, -0.25) is 0 Å². The molecule has 0 spiro atoms. The van der Waals surface area contributed by atoms with Gasteiger partial charge in [0, 0.05) is 5.54 Å². The third-order valence-corrected chi connectivity index (χ3v) is 5.82. The van der Waals surface area contributed by atoms with Crippen molar-refractivity contribution < 1.29 is 0 Å². The smallest absolute Gasteiger partial charge is 0.114 e. The monoisotopic (exact) mass is 413 g/mol. The molecular weight excluding hydrogens is 386 g/mol. The van der Waals surface area contributed by atoms with Crippen molar-refractivity contribution in [1.82, 2.24) is 10.6 Å². The number of nitrogens with two attached hydrogens (primary N) is 1. The van der Waals surface area contributed by atoms with Gasteiger partial charge < -0.3 is 16.4 Å². The van der Waals surface area contributed by atoms with E-state index in [0.717, 1.165) is 42.7 Å². The molecule has 1 aliphatic heterocycles. The number of aliphatic imine (C=N–C) groups is 1. The second-order valence-corrected chi connectivity index (χ2v) is 7.84. The van der Waals surface area contributed by atoms with Crippen molar-refractivity contribution in [1.29, 1.82) is 0 Å². The molecule has 1 saturated heterocycles. The molecule has 0 aromatic heterocycles. The van der Waals surface area contributed by atoms with Crippen LogP contribution < -0.4 is 16.4 Å². The summed E-state index contributed by atoms with van der Waals surface area (Å²) < 4.78 is 0. The van der Waals surface area contributed by atoms with Gasteiger partial charge in [0.1, 0.15) is 11.5 Å². The van der Waals surface area contributed by atoms with Crippen molar-refractivity contribution >= 4 is 17.2 Å². The summed E-state index contributed by atoms with van der Waals surface area (Å²) in [7, 11) is 0. The Morgan fingerprint density at radius 3 is 2.32 bits per heavy atom. The maximum Gasteiger partial charge on any atom is 0.114 e. The summed E-state index contributed by atoms with van der Waals surface area (Å²) in [5, 5.41) is 10.2. The largest absolute Gasteiger partial charge is 0.386 e. The normalized spacial score (nSPS) is 16.1. The number of hydrogen-bond acceptors (Lipinski definition) is 5. The lowest BCUT2D eigenvalue weighted by molar-refractivity contribution is 0.257. The average Bonchev–Trinajstić information content (AvgIpc) is 2.84. The minimum absolute atomic E-state index is 0.160. The maximum absolute atomic E-state index is 10.9. The van der Waals surface area contributed by atoms with E-state index in [4.69, 9.17) is 5.73 Å². The van der Waals surface area contributed by atoms with Gasteiger partial charge in [0.15, 0.2) is 0 Å². The fraction of sp³-hybridized carbons (Fsp3) is 0.240. The molecule has 1 heterocycles. The number of nitrogens with zero attached hydrogens (tertiary/aromatic N) is 2. The van der Waals surface area contributed by atoms with Crippen LogP contribution in [0.5, 0.6) is 0 Å². The number of para-hydroxylation sites is 1. The highest BCUT2D eigenvalue weighted by Crippen LogP contribution is 2.33. The van der Waals surface area contributed by atoms with E-state index in [0.29, 0.717) is 18.1 Å². The fourth-order valence-corrected chi connectivity index (χ4v) is 4.11. The van der Waals surface area contributed by atoms with Gasteiger partial charge in [-0.1, -0.05) is 54.6 Å². The van der Waals surface area contributed by atoms with E-state index < -0.39 is 0 Å². The molecule has 3 aromatic carbocycles. The van der Waals surface area contributed by atoms with Gasteiger partial charge in [0.2, 0.25) is 0 Å². The van der Waals surface area contributed by atoms with Crippen molar-refractivity contribution in [3.05, 3.63) is 89.3 Å². The summed E-state index contributed by atoms with van der Waals surface area (Å²) in [5.41, 5.74) is 10.6. The van der Waals surface area contributed by atoms with Crippen LogP contribution in [0.1, 0.15) is 18.4 Å². The molecule has 6 heteroatoms. The lowest BCUT2D eigenvalue weighted by Gasteiger charge is -2.39. The molecule has 0 saturated carbocycles. The number of piperidine rings is 1. The molecule has 1 fully saturated rings. The van der Waals surface area contributed by atoms with Crippen LogP contribution in [0.15, 0.2) is 89.0 Å². The third-order valence-electron chi connectivity index (χ3n) is 5.82. The minimum atomic E-state index is -0.160. The first-order valence-corrected chi connectivity index (χ1v) is 10.6. The van der Waals surface area contributed by atoms with Crippen LogP contribution in [0.25, 0.3) is 11.1 Å². The molecule has 6 nitrogen and oxygen atoms in total. The zero-order valence-corrected chi connectivity index (χ0v) is 17.4. The average molecular weight is 414 g/mol. The van der Waals surface area contributed by atoms with Crippen LogP contribution in [0.4, 0.5) is 11.4 Å². The highest BCUT2D eigenvalue weighted by atomic mass is 16.3. The summed E-state index contributed by atoms with van der Waals surface area (Å²) in [5.74, 6) is 0.568. The number of benzene rings is 3. The molecule has 0 radical (unpaired) electrons. The number of rotatable bonds is 7. The Labute approximate surface area is 182 Å². The lowest BCUT2D eigenvalue weighted by atomic mass is 9.81. The second kappa shape index (κ2) is 9.64. The van der Waals surface area contributed by atoms with E-state index in [1.165, 1.54) is 5.56 Å². The van der Waals surface area contributed by atoms with Gasteiger partial charge in [0.05, 0.1) is 12.2 Å². The van der Waals surface area contributed by atoms with Crippen LogP contribution in [-0.4, -0.2) is 25.5 Å². The third kappa shape index (κ3) is 5.05. The molecule has 0 aliphatic carbocycles. The lowest BCUT2D eigenvalue weighted by Crippen LogP contribution is -2.52. The maximum atomic E-state index is 10.9. The predicted octanol–water partition coefficient (Wildman–Crippen LogP) is 4.61. The van der Waals surface area contributed by atoms with Crippen molar-refractivity contribution in [3.8, 4) is 11.1 Å². The van der Waals surface area contributed by atoms with Gasteiger partial charge in [-0.15, -0.1) is 4.91 Å². The second-order valence-electron chi connectivity index (χ2n) is 7.84. The quantitative estimate of drug-likeness (QED) is 0.300. The molecule has 158 valence electrons. The number of amidine groups is 1. The molecule has 4 N–H and O–H groups in total. The molecule has 0 bridgehead atoms. The Balaban J connectivity index is 1.54. The molecule has 3 aromatic rings. The Morgan fingerprint density at radius 1 is 0.903 bits per heavy atom. The van der Waals surface area contributed by atoms with Crippen LogP contribution >= 0.6 is 0 Å². The number of nitrogens with one attached hydrogen (secondary N) is 2. The standard InChI is InChI=1S/C25H27N5O/c26-24(29-22-6-2-1-3-7-22)18-28-25(13-15-27-16-14-25)21-11-9-19(10-12-21)20-5-4-8-23(17-20)30-31/h1-12,17,27-28H,13-16,18H2,(H2,26,29). The minimum Gasteiger partial charge on any atom is -0.386 e. The molecule has 0 amide bonds. The molecular formula is C25H27N5O. The van der Waals surface area contributed by atoms with E-state index in [1.807, 2.05) is 42.5 Å². The van der Waals surface area contributed by atoms with Crippen molar-refractivity contribution in [2.75, 3.05) is 19.6 Å². The van der Waals surface area contributed by atoms with Gasteiger partial charge in [-0.25, -0.2) is 4.99 Å². The van der Waals surface area contributed by atoms with Gasteiger partial charge in [-0.05, 0) is 72.1 Å². The summed E-state index contributed by atoms with van der Waals surface area (Å²) in [4.78, 5) is 15.4. The van der Waals surface area contributed by atoms with Crippen LogP contribution in [0.2, 0.25) is 0 Å². The fourth-order valence-electron chi connectivity index (χ4n) is 4.11. The van der Waals surface area contributed by atoms with Crippen LogP contribution in [0.3, 0.4) is 0 Å². The summed E-state index contributed by atoms with van der Waals surface area (Å²) in [6, 6.07) is 25.7. The zero-order chi connectivity index (χ0) is 21.5. The molecule has 0 atom stereocenters. The molecule has 1 aliphatic rings. The molecule has 0 unspecified atom stereocenters. The van der Waals surface area contributed by atoms with E-state index >= 15 is 0 Å². The zero-order valence-electron chi connectivity index (χ0n) is 17.4. The van der Waals surface area contributed by atoms with E-state index in [1.54, 1.807) is 12.1 Å². The topological polar surface area (TPSA) is 91.9 Å².